The lowest BCUT2D eigenvalue weighted by atomic mass is 10.1. The summed E-state index contributed by atoms with van der Waals surface area (Å²) in [5.74, 6) is -0.0658. The Hall–Kier alpha value is -1.86. The number of halogens is 1. The van der Waals surface area contributed by atoms with Crippen molar-refractivity contribution < 1.29 is 9.18 Å². The third-order valence-corrected chi connectivity index (χ3v) is 4.82. The molecule has 5 nitrogen and oxygen atoms in total. The maximum absolute atomic E-state index is 13.9. The van der Waals surface area contributed by atoms with E-state index in [1.807, 2.05) is 5.38 Å². The first-order chi connectivity index (χ1) is 11.1. The van der Waals surface area contributed by atoms with Gasteiger partial charge in [0.2, 0.25) is 0 Å². The summed E-state index contributed by atoms with van der Waals surface area (Å²) in [6.07, 6.45) is 4.58. The number of alkyl halides is 1. The van der Waals surface area contributed by atoms with Crippen molar-refractivity contribution in [3.8, 4) is 0 Å². The quantitative estimate of drug-likeness (QED) is 0.841. The summed E-state index contributed by atoms with van der Waals surface area (Å²) in [4.78, 5) is 24.3. The third kappa shape index (κ3) is 3.92. The first-order valence-corrected chi connectivity index (χ1v) is 8.43. The first kappa shape index (κ1) is 16.0. The van der Waals surface area contributed by atoms with Gasteiger partial charge >= 0.3 is 0 Å². The molecule has 0 saturated carbocycles. The van der Waals surface area contributed by atoms with Crippen LogP contribution in [0.15, 0.2) is 36.1 Å². The van der Waals surface area contributed by atoms with Crippen LogP contribution in [0, 0.1) is 0 Å². The number of likely N-dealkylation sites (N-methyl/N-ethyl adjacent to an activating group) is 1. The van der Waals surface area contributed by atoms with Crippen LogP contribution in [0.5, 0.6) is 0 Å². The van der Waals surface area contributed by atoms with Gasteiger partial charge in [0.1, 0.15) is 11.2 Å². The number of thiazole rings is 1. The third-order valence-electron chi connectivity index (χ3n) is 4.06. The molecule has 0 unspecified atom stereocenters. The van der Waals surface area contributed by atoms with Crippen LogP contribution in [0.1, 0.15) is 21.8 Å². The molecular weight excluding hydrogens is 315 g/mol. The molecule has 0 spiro atoms. The van der Waals surface area contributed by atoms with Crippen LogP contribution in [0.4, 0.5) is 4.39 Å². The Morgan fingerprint density at radius 2 is 2.22 bits per heavy atom. The summed E-state index contributed by atoms with van der Waals surface area (Å²) in [5, 5.41) is 2.90. The lowest BCUT2D eigenvalue weighted by molar-refractivity contribution is 0.0749. The SMILES string of the molecule is CN(C[C@@H]1C[C@H](F)CN1Cc1nccs1)C(=O)c1ccncc1. The van der Waals surface area contributed by atoms with E-state index >= 15 is 0 Å². The van der Waals surface area contributed by atoms with Crippen LogP contribution in [0.25, 0.3) is 0 Å². The highest BCUT2D eigenvalue weighted by molar-refractivity contribution is 7.09. The fraction of sp³-hybridized carbons (Fsp3) is 0.438. The molecule has 122 valence electrons. The summed E-state index contributed by atoms with van der Waals surface area (Å²) in [6.45, 7) is 1.55. The van der Waals surface area contributed by atoms with Crippen LogP contribution in [-0.4, -0.2) is 58.0 Å². The van der Waals surface area contributed by atoms with Gasteiger partial charge in [-0.05, 0) is 18.6 Å². The zero-order chi connectivity index (χ0) is 16.2. The number of nitrogens with zero attached hydrogens (tertiary/aromatic N) is 4. The lowest BCUT2D eigenvalue weighted by Crippen LogP contribution is -2.40. The Bertz CT molecular complexity index is 637. The monoisotopic (exact) mass is 334 g/mol. The van der Waals surface area contributed by atoms with Gasteiger partial charge in [-0.15, -0.1) is 11.3 Å². The second-order valence-electron chi connectivity index (χ2n) is 5.76. The van der Waals surface area contributed by atoms with Gasteiger partial charge < -0.3 is 4.90 Å². The lowest BCUT2D eigenvalue weighted by Gasteiger charge is -2.27. The molecule has 0 bridgehead atoms. The van der Waals surface area contributed by atoms with E-state index in [1.165, 1.54) is 0 Å². The highest BCUT2D eigenvalue weighted by Crippen LogP contribution is 2.24. The minimum absolute atomic E-state index is 0.0182. The highest BCUT2D eigenvalue weighted by atomic mass is 32.1. The summed E-state index contributed by atoms with van der Waals surface area (Å²) >= 11 is 1.57. The number of amides is 1. The Kier molecular flexibility index (Phi) is 4.97. The Morgan fingerprint density at radius 3 is 2.91 bits per heavy atom. The molecule has 0 aliphatic carbocycles. The number of aromatic nitrogens is 2. The molecule has 1 fully saturated rings. The average molecular weight is 334 g/mol. The van der Waals surface area contributed by atoms with Crippen LogP contribution in [0.2, 0.25) is 0 Å². The van der Waals surface area contributed by atoms with E-state index < -0.39 is 6.17 Å². The van der Waals surface area contributed by atoms with Crippen LogP contribution in [0.3, 0.4) is 0 Å². The number of pyridine rings is 1. The van der Waals surface area contributed by atoms with Crippen molar-refractivity contribution in [3.63, 3.8) is 0 Å². The van der Waals surface area contributed by atoms with E-state index in [2.05, 4.69) is 14.9 Å². The standard InChI is InChI=1S/C16H19FN4OS/c1-20(16(22)12-2-4-18-5-3-12)10-14-8-13(17)9-21(14)11-15-19-6-7-23-15/h2-7,13-14H,8-11H2,1H3/t13-,14-/m0/s1. The molecule has 2 atom stereocenters. The second-order valence-corrected chi connectivity index (χ2v) is 6.74. The summed E-state index contributed by atoms with van der Waals surface area (Å²) < 4.78 is 13.9. The minimum Gasteiger partial charge on any atom is -0.340 e. The predicted octanol–water partition coefficient (Wildman–Crippen LogP) is 2.22. The summed E-state index contributed by atoms with van der Waals surface area (Å²) in [7, 11) is 1.76. The van der Waals surface area contributed by atoms with Crippen molar-refractivity contribution in [3.05, 3.63) is 46.7 Å². The van der Waals surface area contributed by atoms with Crippen molar-refractivity contribution >= 4 is 17.2 Å². The molecule has 7 heteroatoms. The summed E-state index contributed by atoms with van der Waals surface area (Å²) in [5.41, 5.74) is 0.601. The molecular formula is C16H19FN4OS. The molecule has 2 aromatic heterocycles. The normalized spacial score (nSPS) is 21.5. The zero-order valence-corrected chi connectivity index (χ0v) is 13.7. The molecule has 0 aromatic carbocycles. The van der Waals surface area contributed by atoms with Crippen molar-refractivity contribution in [2.75, 3.05) is 20.1 Å². The number of carbonyl (C=O) groups excluding carboxylic acids is 1. The molecule has 1 aliphatic rings. The van der Waals surface area contributed by atoms with Crippen molar-refractivity contribution in [1.29, 1.82) is 0 Å². The largest absolute Gasteiger partial charge is 0.340 e. The maximum atomic E-state index is 13.9. The van der Waals surface area contributed by atoms with Gasteiger partial charge in [0.25, 0.3) is 5.91 Å². The number of rotatable bonds is 5. The van der Waals surface area contributed by atoms with Gasteiger partial charge in [-0.1, -0.05) is 0 Å². The van der Waals surface area contributed by atoms with Gasteiger partial charge in [-0.25, -0.2) is 9.37 Å². The smallest absolute Gasteiger partial charge is 0.253 e. The number of likely N-dealkylation sites (tertiary alicyclic amines) is 1. The van der Waals surface area contributed by atoms with E-state index in [-0.39, 0.29) is 11.9 Å². The van der Waals surface area contributed by atoms with Crippen LogP contribution >= 0.6 is 11.3 Å². The van der Waals surface area contributed by atoms with Gasteiger partial charge in [-0.2, -0.15) is 0 Å². The highest BCUT2D eigenvalue weighted by Gasteiger charge is 2.33. The summed E-state index contributed by atoms with van der Waals surface area (Å²) in [6, 6.07) is 3.40. The van der Waals surface area contributed by atoms with Gasteiger partial charge in [0.05, 0.1) is 6.54 Å². The Balaban J connectivity index is 1.64. The molecule has 0 N–H and O–H groups in total. The number of hydrogen-bond acceptors (Lipinski definition) is 5. The van der Waals surface area contributed by atoms with Gasteiger partial charge in [0, 0.05) is 55.7 Å². The van der Waals surface area contributed by atoms with Crippen molar-refractivity contribution in [2.45, 2.75) is 25.2 Å². The fourth-order valence-electron chi connectivity index (χ4n) is 2.92. The van der Waals surface area contributed by atoms with Gasteiger partial charge in [-0.3, -0.25) is 14.7 Å². The minimum atomic E-state index is -0.843. The van der Waals surface area contributed by atoms with E-state index in [1.54, 1.807) is 54.0 Å². The Morgan fingerprint density at radius 1 is 1.43 bits per heavy atom. The zero-order valence-electron chi connectivity index (χ0n) is 12.9. The molecule has 1 amide bonds. The molecule has 3 rings (SSSR count). The molecule has 1 aliphatic heterocycles. The van der Waals surface area contributed by atoms with Crippen molar-refractivity contribution in [2.24, 2.45) is 0 Å². The number of carbonyl (C=O) groups is 1. The van der Waals surface area contributed by atoms with E-state index in [9.17, 15) is 9.18 Å². The van der Waals surface area contributed by atoms with E-state index in [0.29, 0.717) is 31.6 Å². The van der Waals surface area contributed by atoms with Gasteiger partial charge in [0.15, 0.2) is 0 Å². The fourth-order valence-corrected chi connectivity index (χ4v) is 3.57. The molecule has 2 aromatic rings. The Labute approximate surface area is 138 Å². The molecule has 1 saturated heterocycles. The molecule has 3 heterocycles. The first-order valence-electron chi connectivity index (χ1n) is 7.55. The predicted molar refractivity (Wildman–Crippen MR) is 87.0 cm³/mol. The second kappa shape index (κ2) is 7.14. The van der Waals surface area contributed by atoms with E-state index in [4.69, 9.17) is 0 Å². The van der Waals surface area contributed by atoms with Crippen molar-refractivity contribution in [1.82, 2.24) is 19.8 Å². The topological polar surface area (TPSA) is 49.3 Å². The molecule has 0 radical (unpaired) electrons. The number of hydrogen-bond donors (Lipinski definition) is 0. The van der Waals surface area contributed by atoms with Crippen LogP contribution in [-0.2, 0) is 6.54 Å². The average Bonchev–Trinajstić information content (AvgIpc) is 3.18. The maximum Gasteiger partial charge on any atom is 0.253 e. The molecule has 23 heavy (non-hydrogen) atoms. The van der Waals surface area contributed by atoms with Crippen LogP contribution < -0.4 is 0 Å². The van der Waals surface area contributed by atoms with E-state index in [0.717, 1.165) is 5.01 Å².